The standard InChI is InChI=1S/C28H49N.C3H6.H3N/c1-8-9-10-21-11-12-24-26-19(4)15-22-17-23(29-18(2)3)13-14-27(22,6)25(26)16-20(5)28(21,24)7;1-3-2;/h18-19,21-26,29H,5,8-17H2,1-4,6-7H3;3H,1H2,2H3;1H3. The second-order valence-electron chi connectivity index (χ2n) is 12.9. The molecule has 0 aromatic heterocycles. The highest BCUT2D eigenvalue weighted by Crippen LogP contribution is 2.70. The van der Waals surface area contributed by atoms with Crippen LogP contribution in [0.3, 0.4) is 0 Å². The lowest BCUT2D eigenvalue weighted by molar-refractivity contribution is -0.119. The molecule has 2 heteroatoms. The highest BCUT2D eigenvalue weighted by molar-refractivity contribution is 5.25. The van der Waals surface area contributed by atoms with Crippen LogP contribution in [0.2, 0.25) is 0 Å². The van der Waals surface area contributed by atoms with Crippen molar-refractivity contribution in [1.82, 2.24) is 11.5 Å². The van der Waals surface area contributed by atoms with Crippen molar-refractivity contribution in [2.75, 3.05) is 0 Å². The predicted molar refractivity (Wildman–Crippen MR) is 147 cm³/mol. The van der Waals surface area contributed by atoms with Crippen LogP contribution in [-0.4, -0.2) is 12.1 Å². The fourth-order valence-electron chi connectivity index (χ4n) is 9.19. The van der Waals surface area contributed by atoms with Crippen molar-refractivity contribution in [3.8, 4) is 0 Å². The topological polar surface area (TPSA) is 47.0 Å². The molecular weight excluding hydrogens is 400 g/mol. The second-order valence-corrected chi connectivity index (χ2v) is 12.9. The van der Waals surface area contributed by atoms with Crippen LogP contribution < -0.4 is 11.5 Å². The Morgan fingerprint density at radius 3 is 2.39 bits per heavy atom. The lowest BCUT2D eigenvalue weighted by Gasteiger charge is -2.63. The molecule has 2 nitrogen and oxygen atoms in total. The van der Waals surface area contributed by atoms with Gasteiger partial charge in [0.1, 0.15) is 0 Å². The summed E-state index contributed by atoms with van der Waals surface area (Å²) < 4.78 is 0. The molecule has 0 amide bonds. The molecule has 192 valence electrons. The van der Waals surface area contributed by atoms with Crippen molar-refractivity contribution in [1.29, 1.82) is 0 Å². The SMILES string of the molecule is C=C1CC2C(C(C)CC3CC(NC(C)C)CCC32C)C2CCC(CCCC)C12C.C=CC.N. The van der Waals surface area contributed by atoms with Crippen molar-refractivity contribution in [3.05, 3.63) is 24.8 Å². The van der Waals surface area contributed by atoms with Gasteiger partial charge >= 0.3 is 0 Å². The van der Waals surface area contributed by atoms with Crippen LogP contribution in [0.4, 0.5) is 0 Å². The maximum absolute atomic E-state index is 4.81. The first-order valence-corrected chi connectivity index (χ1v) is 14.1. The Balaban J connectivity index is 0.000000914. The van der Waals surface area contributed by atoms with E-state index in [0.717, 1.165) is 41.5 Å². The summed E-state index contributed by atoms with van der Waals surface area (Å²) in [6, 6.07) is 1.37. The molecule has 0 radical (unpaired) electrons. The van der Waals surface area contributed by atoms with E-state index in [1.54, 1.807) is 11.6 Å². The first-order valence-electron chi connectivity index (χ1n) is 14.1. The quantitative estimate of drug-likeness (QED) is 0.404. The van der Waals surface area contributed by atoms with Gasteiger partial charge in [-0.1, -0.05) is 72.6 Å². The molecule has 0 aromatic carbocycles. The molecule has 4 fully saturated rings. The number of nitrogens with one attached hydrogen (secondary N) is 1. The van der Waals surface area contributed by atoms with Crippen LogP contribution in [0.5, 0.6) is 0 Å². The third kappa shape index (κ3) is 5.18. The van der Waals surface area contributed by atoms with E-state index >= 15 is 0 Å². The minimum Gasteiger partial charge on any atom is -0.344 e. The minimum absolute atomic E-state index is 0. The van der Waals surface area contributed by atoms with E-state index in [1.807, 2.05) is 6.92 Å². The number of rotatable bonds is 5. The summed E-state index contributed by atoms with van der Waals surface area (Å²) in [5.74, 6) is 5.48. The third-order valence-corrected chi connectivity index (χ3v) is 10.8. The summed E-state index contributed by atoms with van der Waals surface area (Å²) in [6.07, 6.45) is 15.9. The van der Waals surface area contributed by atoms with Crippen LogP contribution in [0.25, 0.3) is 0 Å². The first kappa shape index (κ1) is 28.6. The van der Waals surface area contributed by atoms with Gasteiger partial charge in [-0.2, -0.15) is 0 Å². The van der Waals surface area contributed by atoms with Gasteiger partial charge in [-0.15, -0.1) is 6.58 Å². The minimum atomic E-state index is 0. The van der Waals surface area contributed by atoms with Crippen molar-refractivity contribution in [3.63, 3.8) is 0 Å². The lowest BCUT2D eigenvalue weighted by Crippen LogP contribution is -2.58. The zero-order chi connectivity index (χ0) is 23.7. The first-order chi connectivity index (χ1) is 15.1. The number of hydrogen-bond donors (Lipinski definition) is 2. The van der Waals surface area contributed by atoms with Gasteiger partial charge in [0, 0.05) is 12.1 Å². The maximum atomic E-state index is 4.81. The summed E-state index contributed by atoms with van der Waals surface area (Å²) in [7, 11) is 0. The normalized spacial score (nSPS) is 44.0. The van der Waals surface area contributed by atoms with E-state index in [1.165, 1.54) is 64.2 Å². The molecule has 0 aromatic rings. The number of unbranched alkanes of at least 4 members (excludes halogenated alkanes) is 1. The van der Waals surface area contributed by atoms with Gasteiger partial charge in [0.15, 0.2) is 0 Å². The monoisotopic (exact) mass is 458 g/mol. The molecule has 0 heterocycles. The molecule has 0 bridgehead atoms. The molecule has 0 saturated heterocycles. The van der Waals surface area contributed by atoms with E-state index in [2.05, 4.69) is 53.4 Å². The molecule has 4 aliphatic rings. The number of allylic oxidation sites excluding steroid dienone is 2. The van der Waals surface area contributed by atoms with Gasteiger partial charge < -0.3 is 11.5 Å². The van der Waals surface area contributed by atoms with Gasteiger partial charge in [-0.3, -0.25) is 0 Å². The van der Waals surface area contributed by atoms with Crippen LogP contribution in [0, 0.1) is 46.3 Å². The van der Waals surface area contributed by atoms with E-state index in [4.69, 9.17) is 6.58 Å². The van der Waals surface area contributed by atoms with E-state index in [9.17, 15) is 0 Å². The highest BCUT2D eigenvalue weighted by atomic mass is 14.9. The van der Waals surface area contributed by atoms with Crippen molar-refractivity contribution >= 4 is 0 Å². The van der Waals surface area contributed by atoms with Crippen LogP contribution in [0.15, 0.2) is 24.8 Å². The van der Waals surface area contributed by atoms with Gasteiger partial charge in [-0.05, 0) is 105 Å². The highest BCUT2D eigenvalue weighted by Gasteiger charge is 2.62. The average Bonchev–Trinajstić information content (AvgIpc) is 3.06. The molecule has 33 heavy (non-hydrogen) atoms. The Labute approximate surface area is 207 Å². The van der Waals surface area contributed by atoms with Crippen molar-refractivity contribution < 1.29 is 0 Å². The van der Waals surface area contributed by atoms with Crippen molar-refractivity contribution in [2.24, 2.45) is 46.3 Å². The number of fused-ring (bicyclic) bond motifs is 5. The van der Waals surface area contributed by atoms with Crippen LogP contribution in [0.1, 0.15) is 113 Å². The summed E-state index contributed by atoms with van der Waals surface area (Å²) in [4.78, 5) is 0. The average molecular weight is 459 g/mol. The summed E-state index contributed by atoms with van der Waals surface area (Å²) in [5.41, 5.74) is 2.64. The molecule has 4 saturated carbocycles. The van der Waals surface area contributed by atoms with E-state index in [-0.39, 0.29) is 6.15 Å². The zero-order valence-corrected chi connectivity index (χ0v) is 23.4. The Bertz CT molecular complexity index is 653. The smallest absolute Gasteiger partial charge is 0.00724 e. The molecule has 4 aliphatic carbocycles. The van der Waals surface area contributed by atoms with Crippen molar-refractivity contribution in [2.45, 2.75) is 125 Å². The maximum Gasteiger partial charge on any atom is 0.00724 e. The van der Waals surface area contributed by atoms with Gasteiger partial charge in [-0.25, -0.2) is 0 Å². The summed E-state index contributed by atoms with van der Waals surface area (Å²) in [5, 5.41) is 3.88. The molecule has 0 aliphatic heterocycles. The Kier molecular flexibility index (Phi) is 9.91. The molecule has 4 rings (SSSR count). The molecule has 9 unspecified atom stereocenters. The van der Waals surface area contributed by atoms with Crippen LogP contribution >= 0.6 is 0 Å². The van der Waals surface area contributed by atoms with Gasteiger partial charge in [0.05, 0.1) is 0 Å². The third-order valence-electron chi connectivity index (χ3n) is 10.8. The van der Waals surface area contributed by atoms with E-state index in [0.29, 0.717) is 16.9 Å². The van der Waals surface area contributed by atoms with Gasteiger partial charge in [0.25, 0.3) is 0 Å². The molecule has 9 atom stereocenters. The van der Waals surface area contributed by atoms with Crippen LogP contribution in [-0.2, 0) is 0 Å². The Morgan fingerprint density at radius 2 is 1.79 bits per heavy atom. The predicted octanol–water partition coefficient (Wildman–Crippen LogP) is 8.97. The fourth-order valence-corrected chi connectivity index (χ4v) is 9.19. The summed E-state index contributed by atoms with van der Waals surface area (Å²) >= 11 is 0. The summed E-state index contributed by atoms with van der Waals surface area (Å²) in [6.45, 7) is 25.0. The zero-order valence-electron chi connectivity index (χ0n) is 23.4. The largest absolute Gasteiger partial charge is 0.344 e. The number of hydrogen-bond acceptors (Lipinski definition) is 2. The molecular formula is C31H58N2. The van der Waals surface area contributed by atoms with E-state index < -0.39 is 0 Å². The lowest BCUT2D eigenvalue weighted by atomic mass is 9.41. The Hall–Kier alpha value is -0.600. The molecule has 4 N–H and O–H groups in total. The Morgan fingerprint density at radius 1 is 1.12 bits per heavy atom. The molecule has 0 spiro atoms. The fraction of sp³-hybridized carbons (Fsp3) is 0.871. The van der Waals surface area contributed by atoms with Gasteiger partial charge in [0.2, 0.25) is 0 Å². The second kappa shape index (κ2) is 11.4.